The first-order valence-corrected chi connectivity index (χ1v) is 19.9. The zero-order valence-electron chi connectivity index (χ0n) is 33.9. The van der Waals surface area contributed by atoms with Gasteiger partial charge in [0.1, 0.15) is 0 Å². The minimum Gasteiger partial charge on any atom is -0.493 e. The number of aliphatic hydroxyl groups excluding tert-OH is 1. The van der Waals surface area contributed by atoms with Crippen molar-refractivity contribution in [3.05, 3.63) is 107 Å². The molecule has 0 bridgehead atoms. The number of nitrogens with zero attached hydrogens (tertiary/aromatic N) is 1. The highest BCUT2D eigenvalue weighted by molar-refractivity contribution is 6.05. The van der Waals surface area contributed by atoms with E-state index in [-0.39, 0.29) is 29.7 Å². The quantitative estimate of drug-likeness (QED) is 0.134. The number of aliphatic hydroxyl groups is 1. The largest absolute Gasteiger partial charge is 0.493 e. The van der Waals surface area contributed by atoms with E-state index in [0.717, 1.165) is 68.2 Å². The molecule has 0 atom stereocenters. The molecule has 7 rings (SSSR count). The van der Waals surface area contributed by atoms with Crippen LogP contribution in [0.4, 0.5) is 11.4 Å². The number of amides is 3. The van der Waals surface area contributed by atoms with Crippen LogP contribution in [0.1, 0.15) is 83.2 Å². The number of nitrogens with one attached hydrogen (secondary N) is 2. The van der Waals surface area contributed by atoms with Gasteiger partial charge in [-0.15, -0.1) is 0 Å². The second-order valence-corrected chi connectivity index (χ2v) is 15.0. The Labute approximate surface area is 340 Å². The van der Waals surface area contributed by atoms with Crippen molar-refractivity contribution in [1.82, 2.24) is 4.90 Å². The molecule has 4 aromatic carbocycles. The second-order valence-electron chi connectivity index (χ2n) is 15.0. The monoisotopic (exact) mass is 793 g/mol. The van der Waals surface area contributed by atoms with Gasteiger partial charge in [0.15, 0.2) is 23.0 Å². The van der Waals surface area contributed by atoms with Gasteiger partial charge >= 0.3 is 0 Å². The molecule has 3 N–H and O–H groups in total. The number of morpholine rings is 1. The van der Waals surface area contributed by atoms with Crippen molar-refractivity contribution in [3.63, 3.8) is 0 Å². The zero-order chi connectivity index (χ0) is 41.1. The summed E-state index contributed by atoms with van der Waals surface area (Å²) >= 11 is 0. The van der Waals surface area contributed by atoms with Gasteiger partial charge in [0.05, 0.1) is 53.7 Å². The first-order chi connectivity index (χ1) is 28.2. The number of rotatable bonds is 12. The summed E-state index contributed by atoms with van der Waals surface area (Å²) < 4.78 is 26.4. The predicted molar refractivity (Wildman–Crippen MR) is 223 cm³/mol. The van der Waals surface area contributed by atoms with Crippen LogP contribution < -0.4 is 29.6 Å². The molecule has 2 aliphatic carbocycles. The number of anilines is 2. The van der Waals surface area contributed by atoms with Crippen molar-refractivity contribution in [3.8, 4) is 23.0 Å². The van der Waals surface area contributed by atoms with Gasteiger partial charge in [-0.3, -0.25) is 14.4 Å². The molecule has 1 heterocycles. The SMILES string of the molecule is COc1ccc(C(=O)Nc2ccc(C3(C(=O)N4CCOCC4)CCCC3)cc2)cc1OC.COc1ccc(C(=O)Nc2ccc(C3(CO)CCCC3)cc2)cc1OC. The zero-order valence-corrected chi connectivity index (χ0v) is 33.9. The van der Waals surface area contributed by atoms with Crippen LogP contribution in [0.2, 0.25) is 0 Å². The highest BCUT2D eigenvalue weighted by Crippen LogP contribution is 2.44. The lowest BCUT2D eigenvalue weighted by molar-refractivity contribution is -0.141. The number of methoxy groups -OCH3 is 4. The van der Waals surface area contributed by atoms with Gasteiger partial charge in [-0.25, -0.2) is 0 Å². The van der Waals surface area contributed by atoms with E-state index >= 15 is 0 Å². The fourth-order valence-corrected chi connectivity index (χ4v) is 8.40. The van der Waals surface area contributed by atoms with Gasteiger partial charge in [0.2, 0.25) is 5.91 Å². The molecule has 3 amide bonds. The van der Waals surface area contributed by atoms with E-state index in [1.807, 2.05) is 53.4 Å². The van der Waals surface area contributed by atoms with Crippen molar-refractivity contribution < 1.29 is 43.2 Å². The van der Waals surface area contributed by atoms with E-state index in [4.69, 9.17) is 23.7 Å². The van der Waals surface area contributed by atoms with E-state index in [9.17, 15) is 19.5 Å². The molecule has 1 aliphatic heterocycles. The standard InChI is InChI=1S/C25H30N2O5.C21H25NO4/c1-30-21-10-5-18(17-22(21)31-2)23(28)26-20-8-6-19(7-9-20)25(11-3-4-12-25)24(29)27-13-15-32-16-14-27;1-25-18-10-5-15(13-19(18)26-2)20(24)22-17-8-6-16(7-9-17)21(14-23)11-3-4-12-21/h5-10,17H,3-4,11-16H2,1-2H3,(H,26,28);5-10,13,23H,3-4,11-12,14H2,1-2H3,(H,22,24). The molecule has 58 heavy (non-hydrogen) atoms. The van der Waals surface area contributed by atoms with Crippen LogP contribution in [-0.2, 0) is 20.4 Å². The Bertz CT molecular complexity index is 2020. The molecule has 2 saturated carbocycles. The maximum absolute atomic E-state index is 13.5. The summed E-state index contributed by atoms with van der Waals surface area (Å²) in [6.45, 7) is 2.68. The van der Waals surface area contributed by atoms with E-state index in [1.165, 1.54) is 14.2 Å². The van der Waals surface area contributed by atoms with E-state index in [0.29, 0.717) is 66.1 Å². The van der Waals surface area contributed by atoms with Crippen molar-refractivity contribution >= 4 is 29.1 Å². The average Bonchev–Trinajstić information content (AvgIpc) is 3.99. The summed E-state index contributed by atoms with van der Waals surface area (Å²) in [7, 11) is 6.19. The number of hydrogen-bond donors (Lipinski definition) is 3. The third-order valence-electron chi connectivity index (χ3n) is 11.8. The highest BCUT2D eigenvalue weighted by atomic mass is 16.5. The fourth-order valence-electron chi connectivity index (χ4n) is 8.40. The van der Waals surface area contributed by atoms with Crippen LogP contribution in [0.15, 0.2) is 84.9 Å². The molecule has 12 nitrogen and oxygen atoms in total. The van der Waals surface area contributed by atoms with Crippen LogP contribution in [0.5, 0.6) is 23.0 Å². The van der Waals surface area contributed by atoms with E-state index in [2.05, 4.69) is 10.6 Å². The van der Waals surface area contributed by atoms with Gasteiger partial charge in [-0.2, -0.15) is 0 Å². The molecule has 0 spiro atoms. The van der Waals surface area contributed by atoms with Crippen molar-refractivity contribution in [2.75, 3.05) is 72.0 Å². The third-order valence-corrected chi connectivity index (χ3v) is 11.8. The molecular formula is C46H55N3O9. The average molecular weight is 794 g/mol. The second kappa shape index (κ2) is 19.2. The summed E-state index contributed by atoms with van der Waals surface area (Å²) in [5, 5.41) is 15.7. The van der Waals surface area contributed by atoms with Gasteiger partial charge in [0.25, 0.3) is 11.8 Å². The van der Waals surface area contributed by atoms with Crippen LogP contribution in [-0.4, -0.2) is 89.1 Å². The molecule has 3 fully saturated rings. The van der Waals surface area contributed by atoms with Gasteiger partial charge in [-0.05, 0) is 97.5 Å². The molecule has 12 heteroatoms. The summed E-state index contributed by atoms with van der Waals surface area (Å²) in [5.74, 6) is 1.93. The summed E-state index contributed by atoms with van der Waals surface area (Å²) in [6, 6.07) is 25.6. The fraction of sp³-hybridized carbons (Fsp3) is 0.413. The Balaban J connectivity index is 0.000000200. The number of carbonyl (C=O) groups is 3. The molecule has 0 radical (unpaired) electrons. The molecule has 1 saturated heterocycles. The van der Waals surface area contributed by atoms with E-state index < -0.39 is 5.41 Å². The lowest BCUT2D eigenvalue weighted by atomic mass is 9.77. The van der Waals surface area contributed by atoms with Crippen LogP contribution in [0.25, 0.3) is 0 Å². The highest BCUT2D eigenvalue weighted by Gasteiger charge is 2.45. The van der Waals surface area contributed by atoms with Crippen molar-refractivity contribution in [2.45, 2.75) is 62.2 Å². The lowest BCUT2D eigenvalue weighted by Crippen LogP contribution is -2.49. The Morgan fingerprint density at radius 2 is 1.03 bits per heavy atom. The first-order valence-electron chi connectivity index (χ1n) is 19.9. The topological polar surface area (TPSA) is 145 Å². The summed E-state index contributed by atoms with van der Waals surface area (Å²) in [6.07, 6.45) is 8.15. The number of carbonyl (C=O) groups excluding carboxylic acids is 3. The minimum absolute atomic E-state index is 0.119. The third kappa shape index (κ3) is 9.24. The van der Waals surface area contributed by atoms with E-state index in [1.54, 1.807) is 50.6 Å². The summed E-state index contributed by atoms with van der Waals surface area (Å²) in [4.78, 5) is 40.6. The van der Waals surface area contributed by atoms with Crippen molar-refractivity contribution in [1.29, 1.82) is 0 Å². The van der Waals surface area contributed by atoms with Gasteiger partial charge in [0, 0.05) is 41.0 Å². The number of hydrogen-bond acceptors (Lipinski definition) is 9. The van der Waals surface area contributed by atoms with Crippen molar-refractivity contribution in [2.24, 2.45) is 0 Å². The molecule has 4 aromatic rings. The van der Waals surface area contributed by atoms with Crippen LogP contribution >= 0.6 is 0 Å². The molecular weight excluding hydrogens is 739 g/mol. The first kappa shape index (κ1) is 42.0. The Morgan fingerprint density at radius 1 is 0.603 bits per heavy atom. The minimum atomic E-state index is -0.469. The van der Waals surface area contributed by atoms with Crippen LogP contribution in [0.3, 0.4) is 0 Å². The molecule has 3 aliphatic rings. The Kier molecular flexibility index (Phi) is 13.9. The smallest absolute Gasteiger partial charge is 0.255 e. The van der Waals surface area contributed by atoms with Gasteiger partial charge in [-0.1, -0.05) is 49.9 Å². The number of benzene rings is 4. The maximum Gasteiger partial charge on any atom is 0.255 e. The lowest BCUT2D eigenvalue weighted by Gasteiger charge is -2.36. The Hall–Kier alpha value is -5.59. The molecule has 0 aromatic heterocycles. The molecule has 0 unspecified atom stereocenters. The summed E-state index contributed by atoms with van der Waals surface area (Å²) in [5.41, 5.74) is 3.95. The predicted octanol–water partition coefficient (Wildman–Crippen LogP) is 7.39. The Morgan fingerprint density at radius 3 is 1.47 bits per heavy atom. The molecule has 308 valence electrons. The van der Waals surface area contributed by atoms with Gasteiger partial charge < -0.3 is 44.3 Å². The van der Waals surface area contributed by atoms with Crippen LogP contribution in [0, 0.1) is 0 Å². The number of ether oxygens (including phenoxy) is 5. The normalized spacial score (nSPS) is 16.7. The maximum atomic E-state index is 13.5.